The predicted molar refractivity (Wildman–Crippen MR) is 63.5 cm³/mol. The number of hydrogen-bond acceptors (Lipinski definition) is 2. The van der Waals surface area contributed by atoms with Crippen LogP contribution in [0.3, 0.4) is 0 Å². The Kier molecular flexibility index (Phi) is 2.85. The minimum absolute atomic E-state index is 0.743. The van der Waals surface area contributed by atoms with Crippen LogP contribution < -0.4 is 10.1 Å². The lowest BCUT2D eigenvalue weighted by atomic mass is 9.86. The van der Waals surface area contributed by atoms with Crippen LogP contribution in [0.15, 0.2) is 18.2 Å². The van der Waals surface area contributed by atoms with Crippen molar-refractivity contribution in [1.29, 1.82) is 0 Å². The van der Waals surface area contributed by atoms with Crippen molar-refractivity contribution in [3.05, 3.63) is 23.8 Å². The van der Waals surface area contributed by atoms with E-state index in [1.54, 1.807) is 7.11 Å². The second-order valence-electron chi connectivity index (χ2n) is 4.61. The molecule has 0 aromatic heterocycles. The lowest BCUT2D eigenvalue weighted by Gasteiger charge is -2.29. The number of ether oxygens (including phenoxy) is 1. The van der Waals surface area contributed by atoms with Crippen LogP contribution in [0.5, 0.6) is 5.75 Å². The minimum Gasteiger partial charge on any atom is -0.497 e. The van der Waals surface area contributed by atoms with Crippen LogP contribution in [0.4, 0.5) is 5.69 Å². The van der Waals surface area contributed by atoms with Crippen molar-refractivity contribution in [3.8, 4) is 5.75 Å². The van der Waals surface area contributed by atoms with Gasteiger partial charge >= 0.3 is 0 Å². The average molecular weight is 205 g/mol. The van der Waals surface area contributed by atoms with Crippen molar-refractivity contribution >= 4 is 5.69 Å². The van der Waals surface area contributed by atoms with E-state index in [0.717, 1.165) is 24.1 Å². The molecule has 1 atom stereocenters. The lowest BCUT2D eigenvalue weighted by Crippen LogP contribution is -2.26. The molecule has 0 fully saturated rings. The monoisotopic (exact) mass is 205 g/mol. The molecule has 82 valence electrons. The van der Waals surface area contributed by atoms with Crippen molar-refractivity contribution in [2.75, 3.05) is 19.0 Å². The Morgan fingerprint density at radius 1 is 1.40 bits per heavy atom. The lowest BCUT2D eigenvalue weighted by molar-refractivity contribution is 0.391. The van der Waals surface area contributed by atoms with Gasteiger partial charge in [0.15, 0.2) is 0 Å². The molecule has 1 aromatic rings. The van der Waals surface area contributed by atoms with E-state index < -0.39 is 0 Å². The number of anilines is 1. The molecular formula is C13H19NO. The quantitative estimate of drug-likeness (QED) is 0.801. The summed E-state index contributed by atoms with van der Waals surface area (Å²) in [4.78, 5) is 0. The molecule has 0 aliphatic carbocycles. The maximum absolute atomic E-state index is 5.21. The predicted octanol–water partition coefficient (Wildman–Crippen LogP) is 2.94. The first-order valence-corrected chi connectivity index (χ1v) is 5.61. The first-order valence-electron chi connectivity index (χ1n) is 5.61. The Morgan fingerprint density at radius 3 is 2.87 bits per heavy atom. The van der Waals surface area contributed by atoms with Crippen LogP contribution in [0.2, 0.25) is 0 Å². The summed E-state index contributed by atoms with van der Waals surface area (Å²) in [6.07, 6.45) is 1.18. The molecule has 1 aliphatic heterocycles. The van der Waals surface area contributed by atoms with Gasteiger partial charge in [-0.25, -0.2) is 0 Å². The van der Waals surface area contributed by atoms with Gasteiger partial charge < -0.3 is 10.1 Å². The van der Waals surface area contributed by atoms with Gasteiger partial charge in [-0.2, -0.15) is 0 Å². The van der Waals surface area contributed by atoms with Crippen LogP contribution in [0.1, 0.15) is 19.4 Å². The fraction of sp³-hybridized carbons (Fsp3) is 0.538. The molecule has 2 nitrogen and oxygen atoms in total. The van der Waals surface area contributed by atoms with Gasteiger partial charge in [0.05, 0.1) is 7.11 Å². The van der Waals surface area contributed by atoms with Crippen molar-refractivity contribution < 1.29 is 4.74 Å². The van der Waals surface area contributed by atoms with Crippen LogP contribution in [-0.2, 0) is 6.42 Å². The van der Waals surface area contributed by atoms with E-state index >= 15 is 0 Å². The second kappa shape index (κ2) is 4.13. The molecular weight excluding hydrogens is 186 g/mol. The summed E-state index contributed by atoms with van der Waals surface area (Å²) >= 11 is 0. The van der Waals surface area contributed by atoms with E-state index in [1.165, 1.54) is 17.7 Å². The third kappa shape index (κ3) is 2.09. The molecule has 0 amide bonds. The van der Waals surface area contributed by atoms with Crippen molar-refractivity contribution in [1.82, 2.24) is 0 Å². The number of methoxy groups -OCH3 is 1. The molecule has 0 radical (unpaired) electrons. The molecule has 1 aliphatic rings. The Hall–Kier alpha value is -1.18. The normalized spacial score (nSPS) is 19.6. The van der Waals surface area contributed by atoms with Gasteiger partial charge in [-0.1, -0.05) is 19.9 Å². The summed E-state index contributed by atoms with van der Waals surface area (Å²) in [5.41, 5.74) is 2.66. The molecule has 1 heterocycles. The zero-order valence-electron chi connectivity index (χ0n) is 9.71. The van der Waals surface area contributed by atoms with Crippen LogP contribution in [0.25, 0.3) is 0 Å². The third-order valence-corrected chi connectivity index (χ3v) is 3.30. The maximum atomic E-state index is 5.21. The summed E-state index contributed by atoms with van der Waals surface area (Å²) in [6.45, 7) is 5.67. The molecule has 2 rings (SSSR count). The third-order valence-electron chi connectivity index (χ3n) is 3.30. The summed E-state index contributed by atoms with van der Waals surface area (Å²) in [7, 11) is 1.71. The Labute approximate surface area is 91.6 Å². The smallest absolute Gasteiger partial charge is 0.120 e. The maximum Gasteiger partial charge on any atom is 0.120 e. The molecule has 1 aromatic carbocycles. The van der Waals surface area contributed by atoms with E-state index in [9.17, 15) is 0 Å². The molecule has 2 heteroatoms. The molecule has 0 saturated carbocycles. The summed E-state index contributed by atoms with van der Waals surface area (Å²) in [6, 6.07) is 6.31. The number of nitrogens with one attached hydrogen (secondary N) is 1. The van der Waals surface area contributed by atoms with E-state index in [4.69, 9.17) is 4.74 Å². The standard InChI is InChI=1S/C13H19NO/c1-9(2)11-6-10-4-5-12(15-3)7-13(10)14-8-11/h4-5,7,9,11,14H,6,8H2,1-3H3. The van der Waals surface area contributed by atoms with E-state index in [0.29, 0.717) is 0 Å². The van der Waals surface area contributed by atoms with Crippen LogP contribution in [0, 0.1) is 11.8 Å². The highest BCUT2D eigenvalue weighted by molar-refractivity contribution is 5.57. The number of benzene rings is 1. The number of rotatable bonds is 2. The SMILES string of the molecule is COc1ccc2c(c1)NCC(C(C)C)C2. The van der Waals surface area contributed by atoms with Crippen molar-refractivity contribution in [2.45, 2.75) is 20.3 Å². The van der Waals surface area contributed by atoms with Gasteiger partial charge in [0, 0.05) is 18.3 Å². The Bertz CT molecular complexity index is 346. The topological polar surface area (TPSA) is 21.3 Å². The Morgan fingerprint density at radius 2 is 2.20 bits per heavy atom. The van der Waals surface area contributed by atoms with Crippen molar-refractivity contribution in [3.63, 3.8) is 0 Å². The summed E-state index contributed by atoms with van der Waals surface area (Å²) < 4.78 is 5.21. The van der Waals surface area contributed by atoms with Crippen molar-refractivity contribution in [2.24, 2.45) is 11.8 Å². The van der Waals surface area contributed by atoms with Crippen LogP contribution in [-0.4, -0.2) is 13.7 Å². The second-order valence-corrected chi connectivity index (χ2v) is 4.61. The Balaban J connectivity index is 2.21. The number of hydrogen-bond donors (Lipinski definition) is 1. The highest BCUT2D eigenvalue weighted by atomic mass is 16.5. The average Bonchev–Trinajstić information content (AvgIpc) is 2.27. The van der Waals surface area contributed by atoms with E-state index in [-0.39, 0.29) is 0 Å². The van der Waals surface area contributed by atoms with Gasteiger partial charge in [0.25, 0.3) is 0 Å². The molecule has 0 bridgehead atoms. The van der Waals surface area contributed by atoms with Gasteiger partial charge in [-0.15, -0.1) is 0 Å². The fourth-order valence-corrected chi connectivity index (χ4v) is 2.09. The molecule has 15 heavy (non-hydrogen) atoms. The zero-order chi connectivity index (χ0) is 10.8. The van der Waals surface area contributed by atoms with Gasteiger partial charge in [-0.3, -0.25) is 0 Å². The molecule has 0 saturated heterocycles. The van der Waals surface area contributed by atoms with E-state index in [1.807, 2.05) is 6.07 Å². The number of fused-ring (bicyclic) bond motifs is 1. The largest absolute Gasteiger partial charge is 0.497 e. The van der Waals surface area contributed by atoms with Gasteiger partial charge in [0.2, 0.25) is 0 Å². The summed E-state index contributed by atoms with van der Waals surface area (Å²) in [5, 5.41) is 3.49. The van der Waals surface area contributed by atoms with Gasteiger partial charge in [0.1, 0.15) is 5.75 Å². The van der Waals surface area contributed by atoms with Gasteiger partial charge in [-0.05, 0) is 29.9 Å². The first-order chi connectivity index (χ1) is 7.20. The summed E-state index contributed by atoms with van der Waals surface area (Å²) in [5.74, 6) is 2.43. The zero-order valence-corrected chi connectivity index (χ0v) is 9.71. The fourth-order valence-electron chi connectivity index (χ4n) is 2.09. The first kappa shape index (κ1) is 10.3. The highest BCUT2D eigenvalue weighted by Gasteiger charge is 2.20. The van der Waals surface area contributed by atoms with E-state index in [2.05, 4.69) is 31.3 Å². The highest BCUT2D eigenvalue weighted by Crippen LogP contribution is 2.31. The minimum atomic E-state index is 0.743. The molecule has 0 spiro atoms. The van der Waals surface area contributed by atoms with Crippen LogP contribution >= 0.6 is 0 Å². The molecule has 1 unspecified atom stereocenters. The molecule has 1 N–H and O–H groups in total.